The molecular weight excluding hydrogens is 692 g/mol. The Balaban J connectivity index is 1.24. The smallest absolute Gasteiger partial charge is 0.323 e. The number of nitrogen functional groups attached to an aromatic ring is 1. The maximum absolute atomic E-state index is 13.2. The summed E-state index contributed by atoms with van der Waals surface area (Å²) in [5, 5.41) is 10.5. The number of nitrogens with two attached hydrogens (primary N) is 1. The fourth-order valence-corrected chi connectivity index (χ4v) is 5.55. The molecule has 0 saturated carbocycles. The Morgan fingerprint density at radius 2 is 1.44 bits per heavy atom. The fourth-order valence-electron chi connectivity index (χ4n) is 5.55. The van der Waals surface area contributed by atoms with Crippen molar-refractivity contribution in [2.75, 3.05) is 82.7 Å². The van der Waals surface area contributed by atoms with E-state index in [1.807, 2.05) is 36.4 Å². The van der Waals surface area contributed by atoms with Gasteiger partial charge in [0.2, 0.25) is 11.8 Å². The van der Waals surface area contributed by atoms with Gasteiger partial charge in [0, 0.05) is 54.0 Å². The number of amides is 2. The predicted octanol–water partition coefficient (Wildman–Crippen LogP) is 7.77. The minimum absolute atomic E-state index is 0.197. The number of rotatable bonds is 18. The molecule has 14 nitrogen and oxygen atoms in total. The maximum Gasteiger partial charge on any atom is 0.323 e. The first-order valence-corrected chi connectivity index (χ1v) is 17.4. The number of fused-ring (bicyclic) bond motifs is 1. The lowest BCUT2D eigenvalue weighted by Gasteiger charge is -2.24. The van der Waals surface area contributed by atoms with Gasteiger partial charge in [0.1, 0.15) is 23.9 Å². The molecule has 0 fully saturated rings. The van der Waals surface area contributed by atoms with E-state index in [1.165, 1.54) is 7.11 Å². The highest BCUT2D eigenvalue weighted by Gasteiger charge is 2.22. The zero-order valence-corrected chi connectivity index (χ0v) is 31.5. The highest BCUT2D eigenvalue weighted by molar-refractivity contribution is 6.08. The van der Waals surface area contributed by atoms with Crippen LogP contribution < -0.4 is 40.6 Å². The number of urea groups is 1. The van der Waals surface area contributed by atoms with Crippen LogP contribution in [0.15, 0.2) is 79.0 Å². The van der Waals surface area contributed by atoms with Gasteiger partial charge < -0.3 is 54.8 Å². The van der Waals surface area contributed by atoms with E-state index in [9.17, 15) is 4.79 Å². The molecule has 5 rings (SSSR count). The Labute approximate surface area is 315 Å². The first-order valence-electron chi connectivity index (χ1n) is 17.4. The molecule has 54 heavy (non-hydrogen) atoms. The van der Waals surface area contributed by atoms with Gasteiger partial charge in [-0.25, -0.2) is 9.78 Å². The summed E-state index contributed by atoms with van der Waals surface area (Å²) in [5.41, 5.74) is 9.32. The Kier molecular flexibility index (Phi) is 13.7. The largest absolute Gasteiger partial charge is 0.497 e. The van der Waals surface area contributed by atoms with Gasteiger partial charge >= 0.3 is 6.03 Å². The molecular formula is C40H48N6O8. The number of carbonyl (C=O) groups excluding carboxylic acids is 1. The van der Waals surface area contributed by atoms with Crippen molar-refractivity contribution in [1.29, 1.82) is 0 Å². The van der Waals surface area contributed by atoms with E-state index < -0.39 is 6.03 Å². The van der Waals surface area contributed by atoms with E-state index in [4.69, 9.17) is 38.9 Å². The summed E-state index contributed by atoms with van der Waals surface area (Å²) in [4.78, 5) is 22.2. The summed E-state index contributed by atoms with van der Waals surface area (Å²) in [6.07, 6.45) is 1.59. The Bertz CT molecular complexity index is 2020. The van der Waals surface area contributed by atoms with Gasteiger partial charge in [-0.05, 0) is 29.2 Å². The third-order valence-corrected chi connectivity index (χ3v) is 8.11. The highest BCUT2D eigenvalue weighted by Crippen LogP contribution is 2.40. The van der Waals surface area contributed by atoms with Crippen LogP contribution in [-0.4, -0.2) is 77.0 Å². The summed E-state index contributed by atoms with van der Waals surface area (Å²) >= 11 is 0. The number of methoxy groups -OCH3 is 3. The van der Waals surface area contributed by atoms with Crippen LogP contribution in [0.5, 0.6) is 28.9 Å². The summed E-state index contributed by atoms with van der Waals surface area (Å²) in [5.74, 6) is 2.72. The number of nitrogens with zero attached hydrogens (tertiary/aromatic N) is 2. The van der Waals surface area contributed by atoms with Crippen LogP contribution in [0.4, 0.5) is 33.5 Å². The second-order valence-corrected chi connectivity index (χ2v) is 13.0. The average Bonchev–Trinajstić information content (AvgIpc) is 3.15. The maximum atomic E-state index is 13.2. The van der Waals surface area contributed by atoms with E-state index in [2.05, 4.69) is 46.7 Å². The highest BCUT2D eigenvalue weighted by atomic mass is 16.6. The van der Waals surface area contributed by atoms with Crippen LogP contribution in [-0.2, 0) is 19.6 Å². The van der Waals surface area contributed by atoms with Crippen molar-refractivity contribution < 1.29 is 38.0 Å². The molecule has 0 aliphatic rings. The standard InChI is InChI=1S/C40H48N6O8/c1-40(2,3)31-11-12-33(37(50-6)36(31)41)45-39(47)44-32-13-14-34(30-10-8-7-9-29(30)32)54-35-15-16-42-38(46-35)43-26-23-27(49-5)25-28(24-26)53-22-21-52-20-19-51-18-17-48-4/h7-16,23-25H,17-22,41H2,1-6H3,(H,42,43,46)(H2,44,45,47). The van der Waals surface area contributed by atoms with E-state index in [-0.39, 0.29) is 5.41 Å². The first kappa shape index (κ1) is 39.4. The summed E-state index contributed by atoms with van der Waals surface area (Å²) in [7, 11) is 4.74. The number of carbonyl (C=O) groups is 1. The molecule has 0 radical (unpaired) electrons. The van der Waals surface area contributed by atoms with Gasteiger partial charge in [-0.2, -0.15) is 4.98 Å². The van der Waals surface area contributed by atoms with Crippen molar-refractivity contribution in [2.45, 2.75) is 26.2 Å². The molecule has 5 aromatic rings. The van der Waals surface area contributed by atoms with Crippen LogP contribution in [0.3, 0.4) is 0 Å². The van der Waals surface area contributed by atoms with Gasteiger partial charge in [-0.15, -0.1) is 0 Å². The molecule has 0 aliphatic heterocycles. The molecule has 0 atom stereocenters. The lowest BCUT2D eigenvalue weighted by molar-refractivity contribution is 0.0179. The molecule has 14 heteroatoms. The van der Waals surface area contributed by atoms with Crippen LogP contribution in [0.25, 0.3) is 10.8 Å². The predicted molar refractivity (Wildman–Crippen MR) is 210 cm³/mol. The molecule has 0 saturated heterocycles. The Hall–Kier alpha value is -5.83. The van der Waals surface area contributed by atoms with Crippen LogP contribution in [0, 0.1) is 0 Å². The number of anilines is 5. The van der Waals surface area contributed by atoms with Crippen molar-refractivity contribution in [3.05, 3.63) is 84.6 Å². The number of hydrogen-bond donors (Lipinski definition) is 4. The van der Waals surface area contributed by atoms with Crippen LogP contribution in [0.2, 0.25) is 0 Å². The number of nitrogens with one attached hydrogen (secondary N) is 3. The normalized spacial score (nSPS) is 11.2. The van der Waals surface area contributed by atoms with Gasteiger partial charge in [0.15, 0.2) is 5.75 Å². The first-order chi connectivity index (χ1) is 26.1. The molecule has 0 spiro atoms. The van der Waals surface area contributed by atoms with E-state index in [0.29, 0.717) is 97.2 Å². The molecule has 0 bridgehead atoms. The Morgan fingerprint density at radius 3 is 2.17 bits per heavy atom. The molecule has 0 aliphatic carbocycles. The summed E-state index contributed by atoms with van der Waals surface area (Å²) < 4.78 is 39.1. The molecule has 4 aromatic carbocycles. The molecule has 2 amide bonds. The zero-order valence-electron chi connectivity index (χ0n) is 31.5. The second-order valence-electron chi connectivity index (χ2n) is 13.0. The summed E-state index contributed by atoms with van der Waals surface area (Å²) in [6, 6.07) is 21.4. The van der Waals surface area contributed by atoms with E-state index >= 15 is 0 Å². The van der Waals surface area contributed by atoms with Crippen molar-refractivity contribution >= 4 is 45.5 Å². The van der Waals surface area contributed by atoms with Crippen molar-refractivity contribution in [3.63, 3.8) is 0 Å². The quantitative estimate of drug-likeness (QED) is 0.0509. The Morgan fingerprint density at radius 1 is 0.759 bits per heavy atom. The summed E-state index contributed by atoms with van der Waals surface area (Å²) in [6.45, 7) is 8.95. The molecule has 1 aromatic heterocycles. The minimum atomic E-state index is -0.458. The molecule has 286 valence electrons. The van der Waals surface area contributed by atoms with E-state index in [1.54, 1.807) is 56.8 Å². The molecule has 1 heterocycles. The average molecular weight is 741 g/mol. The zero-order chi connectivity index (χ0) is 38.5. The minimum Gasteiger partial charge on any atom is -0.497 e. The SMILES string of the molecule is COCCOCCOCCOc1cc(Nc2nccc(Oc3ccc(NC(=O)Nc4ccc(C(C)(C)C)c(N)c4OC)c4ccccc34)n2)cc(OC)c1. The van der Waals surface area contributed by atoms with Crippen LogP contribution in [0.1, 0.15) is 26.3 Å². The fraction of sp³-hybridized carbons (Fsp3) is 0.325. The number of aromatic nitrogens is 2. The van der Waals surface area contributed by atoms with Gasteiger partial charge in [-0.1, -0.05) is 51.1 Å². The van der Waals surface area contributed by atoms with Crippen LogP contribution >= 0.6 is 0 Å². The van der Waals surface area contributed by atoms with Crippen molar-refractivity contribution in [2.24, 2.45) is 0 Å². The third-order valence-electron chi connectivity index (χ3n) is 8.11. The van der Waals surface area contributed by atoms with Gasteiger partial charge in [-0.3, -0.25) is 0 Å². The number of benzene rings is 4. The number of ether oxygens (including phenoxy) is 7. The van der Waals surface area contributed by atoms with E-state index in [0.717, 1.165) is 16.3 Å². The molecule has 5 N–H and O–H groups in total. The molecule has 0 unspecified atom stereocenters. The topological polar surface area (TPSA) is 170 Å². The number of hydrogen-bond acceptors (Lipinski definition) is 12. The second kappa shape index (κ2) is 18.8. The third kappa shape index (κ3) is 10.6. The lowest BCUT2D eigenvalue weighted by Crippen LogP contribution is -2.21. The van der Waals surface area contributed by atoms with Gasteiger partial charge in [0.25, 0.3) is 0 Å². The monoisotopic (exact) mass is 740 g/mol. The van der Waals surface area contributed by atoms with Crippen molar-refractivity contribution in [1.82, 2.24) is 9.97 Å². The van der Waals surface area contributed by atoms with Gasteiger partial charge in [0.05, 0.1) is 64.3 Å². The van der Waals surface area contributed by atoms with Crippen molar-refractivity contribution in [3.8, 4) is 28.9 Å². The lowest BCUT2D eigenvalue weighted by atomic mass is 9.85.